The van der Waals surface area contributed by atoms with Crippen LogP contribution in [0.2, 0.25) is 0 Å². The second kappa shape index (κ2) is 6.52. The van der Waals surface area contributed by atoms with Crippen molar-refractivity contribution in [3.63, 3.8) is 0 Å². The van der Waals surface area contributed by atoms with Crippen LogP contribution in [-0.4, -0.2) is 37.1 Å². The van der Waals surface area contributed by atoms with Gasteiger partial charge in [-0.25, -0.2) is 4.98 Å². The maximum absolute atomic E-state index is 11.9. The highest BCUT2D eigenvalue weighted by atomic mass is 16.1. The molecule has 0 radical (unpaired) electrons. The summed E-state index contributed by atoms with van der Waals surface area (Å²) in [5.41, 5.74) is 0.775. The molecule has 1 aromatic heterocycles. The zero-order valence-corrected chi connectivity index (χ0v) is 12.4. The molecule has 0 fully saturated rings. The van der Waals surface area contributed by atoms with E-state index in [2.05, 4.69) is 36.4 Å². The quantitative estimate of drug-likeness (QED) is 0.852. The fourth-order valence-electron chi connectivity index (χ4n) is 1.61. The van der Waals surface area contributed by atoms with Crippen molar-refractivity contribution in [1.29, 1.82) is 0 Å². The highest BCUT2D eigenvalue weighted by Gasteiger charge is 2.11. The molecule has 5 heteroatoms. The second-order valence-electron chi connectivity index (χ2n) is 5.74. The molecule has 0 aliphatic heterocycles. The van der Waals surface area contributed by atoms with Crippen molar-refractivity contribution in [3.8, 4) is 0 Å². The summed E-state index contributed by atoms with van der Waals surface area (Å²) in [5.74, 6) is 0.757. The zero-order valence-electron chi connectivity index (χ0n) is 12.4. The van der Waals surface area contributed by atoms with Gasteiger partial charge in [0.15, 0.2) is 5.82 Å². The van der Waals surface area contributed by atoms with E-state index < -0.39 is 0 Å². The number of anilines is 2. The highest BCUT2D eigenvalue weighted by molar-refractivity contribution is 5.93. The number of hydrogen-bond acceptors (Lipinski definition) is 4. The number of carbonyl (C=O) groups excluding carboxylic acids is 1. The third kappa shape index (κ3) is 5.70. The molecule has 5 nitrogen and oxygen atoms in total. The van der Waals surface area contributed by atoms with Crippen molar-refractivity contribution in [2.24, 2.45) is 0 Å². The number of carbonyl (C=O) groups is 1. The number of aromatic nitrogens is 1. The molecule has 1 aromatic rings. The number of nitrogens with zero attached hydrogens (tertiary/aromatic N) is 2. The minimum absolute atomic E-state index is 0.00662. The molecule has 1 rings (SSSR count). The summed E-state index contributed by atoms with van der Waals surface area (Å²) in [6.45, 7) is 6.90. The van der Waals surface area contributed by atoms with E-state index in [0.29, 0.717) is 13.0 Å². The largest absolute Gasteiger partial charge is 0.361 e. The Balaban J connectivity index is 2.53. The van der Waals surface area contributed by atoms with E-state index in [1.54, 1.807) is 6.20 Å². The van der Waals surface area contributed by atoms with E-state index >= 15 is 0 Å². The molecule has 0 aliphatic carbocycles. The van der Waals surface area contributed by atoms with Crippen molar-refractivity contribution in [3.05, 3.63) is 18.3 Å². The molecule has 106 valence electrons. The van der Waals surface area contributed by atoms with Gasteiger partial charge in [0.1, 0.15) is 0 Å². The fraction of sp³-hybridized carbons (Fsp3) is 0.571. The van der Waals surface area contributed by atoms with Gasteiger partial charge in [0, 0.05) is 38.8 Å². The Morgan fingerprint density at radius 2 is 2.05 bits per heavy atom. The first kappa shape index (κ1) is 15.4. The van der Waals surface area contributed by atoms with Gasteiger partial charge < -0.3 is 15.5 Å². The van der Waals surface area contributed by atoms with Gasteiger partial charge in [-0.15, -0.1) is 0 Å². The lowest BCUT2D eigenvalue weighted by Crippen LogP contribution is -2.37. The van der Waals surface area contributed by atoms with Crippen molar-refractivity contribution < 1.29 is 4.79 Å². The van der Waals surface area contributed by atoms with Gasteiger partial charge >= 0.3 is 0 Å². The molecule has 1 amide bonds. The molecular formula is C14H24N4O. The lowest BCUT2D eigenvalue weighted by atomic mass is 10.1. The van der Waals surface area contributed by atoms with Crippen LogP contribution in [0.25, 0.3) is 0 Å². The maximum atomic E-state index is 11.9. The number of pyridine rings is 1. The Bertz CT molecular complexity index is 424. The molecule has 2 N–H and O–H groups in total. The first-order valence-electron chi connectivity index (χ1n) is 6.47. The third-order valence-electron chi connectivity index (χ3n) is 2.49. The Labute approximate surface area is 115 Å². The Kier molecular flexibility index (Phi) is 5.30. The van der Waals surface area contributed by atoms with E-state index in [1.807, 2.05) is 31.1 Å². The summed E-state index contributed by atoms with van der Waals surface area (Å²) in [5, 5.41) is 6.18. The van der Waals surface area contributed by atoms with Crippen molar-refractivity contribution in [1.82, 2.24) is 10.3 Å². The number of amides is 1. The van der Waals surface area contributed by atoms with E-state index in [9.17, 15) is 4.79 Å². The third-order valence-corrected chi connectivity index (χ3v) is 2.49. The van der Waals surface area contributed by atoms with Crippen molar-refractivity contribution in [2.45, 2.75) is 32.7 Å². The van der Waals surface area contributed by atoms with Crippen LogP contribution < -0.4 is 15.5 Å². The summed E-state index contributed by atoms with van der Waals surface area (Å²) in [6.07, 6.45) is 2.16. The van der Waals surface area contributed by atoms with Crippen molar-refractivity contribution >= 4 is 17.4 Å². The molecule has 0 saturated carbocycles. The summed E-state index contributed by atoms with van der Waals surface area (Å²) >= 11 is 0. The minimum atomic E-state index is -0.00662. The zero-order chi connectivity index (χ0) is 14.5. The van der Waals surface area contributed by atoms with Crippen LogP contribution in [-0.2, 0) is 4.79 Å². The van der Waals surface area contributed by atoms with Crippen LogP contribution in [0, 0.1) is 0 Å². The van der Waals surface area contributed by atoms with Crippen LogP contribution in [0.15, 0.2) is 18.3 Å². The normalized spacial score (nSPS) is 11.2. The van der Waals surface area contributed by atoms with Crippen LogP contribution in [0.5, 0.6) is 0 Å². The monoisotopic (exact) mass is 264 g/mol. The SMILES string of the molecule is CN(C)c1ncccc1NC(=O)CCNC(C)(C)C. The van der Waals surface area contributed by atoms with Gasteiger partial charge in [-0.05, 0) is 32.9 Å². The average Bonchev–Trinajstić information content (AvgIpc) is 2.27. The molecule has 19 heavy (non-hydrogen) atoms. The predicted molar refractivity (Wildman–Crippen MR) is 79.6 cm³/mol. The Morgan fingerprint density at radius 3 is 2.63 bits per heavy atom. The van der Waals surface area contributed by atoms with Crippen LogP contribution in [0.3, 0.4) is 0 Å². The second-order valence-corrected chi connectivity index (χ2v) is 5.74. The Hall–Kier alpha value is -1.62. The molecule has 0 aliphatic rings. The lowest BCUT2D eigenvalue weighted by Gasteiger charge is -2.20. The van der Waals surface area contributed by atoms with Crippen molar-refractivity contribution in [2.75, 3.05) is 30.9 Å². The summed E-state index contributed by atoms with van der Waals surface area (Å²) < 4.78 is 0. The first-order valence-corrected chi connectivity index (χ1v) is 6.47. The standard InChI is InChI=1S/C14H24N4O/c1-14(2,3)16-10-8-12(19)17-11-7-6-9-15-13(11)18(4)5/h6-7,9,16H,8,10H2,1-5H3,(H,17,19). The number of hydrogen-bond donors (Lipinski definition) is 2. The molecule has 0 saturated heterocycles. The first-order chi connectivity index (χ1) is 8.79. The highest BCUT2D eigenvalue weighted by Crippen LogP contribution is 2.20. The van der Waals surface area contributed by atoms with Crippen LogP contribution in [0.1, 0.15) is 27.2 Å². The van der Waals surface area contributed by atoms with Crippen LogP contribution in [0.4, 0.5) is 11.5 Å². The molecule has 0 atom stereocenters. The van der Waals surface area contributed by atoms with Gasteiger partial charge in [-0.1, -0.05) is 0 Å². The topological polar surface area (TPSA) is 57.3 Å². The summed E-state index contributed by atoms with van der Waals surface area (Å²) in [7, 11) is 3.80. The predicted octanol–water partition coefficient (Wildman–Crippen LogP) is 1.86. The molecule has 0 bridgehead atoms. The van der Waals surface area contributed by atoms with Crippen LogP contribution >= 0.6 is 0 Å². The number of nitrogens with one attached hydrogen (secondary N) is 2. The van der Waals surface area contributed by atoms with Gasteiger partial charge in [-0.3, -0.25) is 4.79 Å². The number of rotatable bonds is 5. The van der Waals surface area contributed by atoms with E-state index in [0.717, 1.165) is 11.5 Å². The van der Waals surface area contributed by atoms with E-state index in [4.69, 9.17) is 0 Å². The van der Waals surface area contributed by atoms with Gasteiger partial charge in [0.2, 0.25) is 5.91 Å². The lowest BCUT2D eigenvalue weighted by molar-refractivity contribution is -0.116. The molecule has 1 heterocycles. The molecule has 0 unspecified atom stereocenters. The van der Waals surface area contributed by atoms with E-state index in [-0.39, 0.29) is 11.4 Å². The molecule has 0 spiro atoms. The summed E-state index contributed by atoms with van der Waals surface area (Å²) in [4.78, 5) is 18.0. The van der Waals surface area contributed by atoms with Gasteiger partial charge in [0.05, 0.1) is 5.69 Å². The van der Waals surface area contributed by atoms with E-state index in [1.165, 1.54) is 0 Å². The summed E-state index contributed by atoms with van der Waals surface area (Å²) in [6, 6.07) is 3.67. The Morgan fingerprint density at radius 1 is 1.37 bits per heavy atom. The smallest absolute Gasteiger partial charge is 0.225 e. The molecule has 0 aromatic carbocycles. The fourth-order valence-corrected chi connectivity index (χ4v) is 1.61. The van der Waals surface area contributed by atoms with Gasteiger partial charge in [-0.2, -0.15) is 0 Å². The average molecular weight is 264 g/mol. The maximum Gasteiger partial charge on any atom is 0.225 e. The molecular weight excluding hydrogens is 240 g/mol. The van der Waals surface area contributed by atoms with Gasteiger partial charge in [0.25, 0.3) is 0 Å². The minimum Gasteiger partial charge on any atom is -0.361 e.